The third-order valence-electron chi connectivity index (χ3n) is 4.68. The van der Waals surface area contributed by atoms with Gasteiger partial charge in [0.15, 0.2) is 5.82 Å². The van der Waals surface area contributed by atoms with Crippen LogP contribution in [0.4, 0.5) is 0 Å². The highest BCUT2D eigenvalue weighted by Gasteiger charge is 2.28. The molecule has 0 unspecified atom stereocenters. The van der Waals surface area contributed by atoms with E-state index in [0.29, 0.717) is 11.7 Å². The molecule has 6 nitrogen and oxygen atoms in total. The van der Waals surface area contributed by atoms with Gasteiger partial charge in [-0.15, -0.1) is 0 Å². The van der Waals surface area contributed by atoms with E-state index >= 15 is 0 Å². The van der Waals surface area contributed by atoms with E-state index < -0.39 is 0 Å². The summed E-state index contributed by atoms with van der Waals surface area (Å²) in [5.41, 5.74) is 2.95. The van der Waals surface area contributed by atoms with E-state index in [9.17, 15) is 4.79 Å². The number of rotatable bonds is 2. The van der Waals surface area contributed by atoms with Gasteiger partial charge in [0.2, 0.25) is 5.89 Å². The molecule has 1 aliphatic rings. The van der Waals surface area contributed by atoms with E-state index in [1.807, 2.05) is 38.8 Å². The molecule has 0 aliphatic carbocycles. The lowest BCUT2D eigenvalue weighted by Gasteiger charge is -2.30. The van der Waals surface area contributed by atoms with Gasteiger partial charge in [-0.3, -0.25) is 4.79 Å². The molecule has 0 saturated carbocycles. The van der Waals surface area contributed by atoms with Crippen molar-refractivity contribution in [3.63, 3.8) is 0 Å². The van der Waals surface area contributed by atoms with Gasteiger partial charge in [0, 0.05) is 37.4 Å². The van der Waals surface area contributed by atoms with Crippen LogP contribution >= 0.6 is 0 Å². The van der Waals surface area contributed by atoms with Crippen molar-refractivity contribution < 1.29 is 9.32 Å². The number of carbonyl (C=O) groups excluding carboxylic acids is 1. The summed E-state index contributed by atoms with van der Waals surface area (Å²) in [4.78, 5) is 18.9. The maximum absolute atomic E-state index is 12.7. The fourth-order valence-corrected chi connectivity index (χ4v) is 3.05. The second-order valence-electron chi connectivity index (χ2n) is 6.09. The van der Waals surface area contributed by atoms with E-state index in [1.165, 1.54) is 0 Å². The van der Waals surface area contributed by atoms with Gasteiger partial charge < -0.3 is 14.0 Å². The van der Waals surface area contributed by atoms with Gasteiger partial charge in [-0.1, -0.05) is 5.16 Å². The summed E-state index contributed by atoms with van der Waals surface area (Å²) in [5.74, 6) is 1.77. The van der Waals surface area contributed by atoms with Crippen LogP contribution in [0.2, 0.25) is 0 Å². The Kier molecular flexibility index (Phi) is 3.76. The molecular formula is C16H22N4O2. The SMILES string of the molecule is Cc1noc(C2CCN(C(=O)c3cc(C)n(C)c3C)CC2)n1. The fourth-order valence-electron chi connectivity index (χ4n) is 3.05. The number of aromatic nitrogens is 3. The molecule has 0 radical (unpaired) electrons. The highest BCUT2D eigenvalue weighted by atomic mass is 16.5. The van der Waals surface area contributed by atoms with Crippen molar-refractivity contribution in [3.05, 3.63) is 34.7 Å². The van der Waals surface area contributed by atoms with Crippen molar-refractivity contribution in [2.45, 2.75) is 39.5 Å². The van der Waals surface area contributed by atoms with Crippen LogP contribution in [-0.4, -0.2) is 38.6 Å². The van der Waals surface area contributed by atoms with E-state index in [4.69, 9.17) is 4.52 Å². The highest BCUT2D eigenvalue weighted by Crippen LogP contribution is 2.28. The Morgan fingerprint density at radius 3 is 2.45 bits per heavy atom. The van der Waals surface area contributed by atoms with Crippen LogP contribution in [0.1, 0.15) is 52.2 Å². The summed E-state index contributed by atoms with van der Waals surface area (Å²) in [6.07, 6.45) is 1.75. The van der Waals surface area contributed by atoms with Gasteiger partial charge in [0.25, 0.3) is 5.91 Å². The first-order valence-electron chi connectivity index (χ1n) is 7.69. The number of likely N-dealkylation sites (tertiary alicyclic amines) is 1. The molecule has 1 fully saturated rings. The number of amides is 1. The van der Waals surface area contributed by atoms with Gasteiger partial charge in [0.05, 0.1) is 5.56 Å². The maximum atomic E-state index is 12.7. The summed E-state index contributed by atoms with van der Waals surface area (Å²) in [5, 5.41) is 3.85. The predicted molar refractivity (Wildman–Crippen MR) is 81.8 cm³/mol. The van der Waals surface area contributed by atoms with Crippen LogP contribution in [0, 0.1) is 20.8 Å². The molecule has 0 aromatic carbocycles. The van der Waals surface area contributed by atoms with E-state index in [0.717, 1.165) is 42.9 Å². The van der Waals surface area contributed by atoms with Crippen molar-refractivity contribution in [2.75, 3.05) is 13.1 Å². The van der Waals surface area contributed by atoms with Gasteiger partial charge in [-0.2, -0.15) is 4.98 Å². The Bertz CT molecular complexity index is 693. The van der Waals surface area contributed by atoms with E-state index in [-0.39, 0.29) is 11.8 Å². The molecule has 3 rings (SSSR count). The molecule has 6 heteroatoms. The zero-order valence-corrected chi connectivity index (χ0v) is 13.6. The number of aryl methyl sites for hydroxylation is 2. The van der Waals surface area contributed by atoms with Gasteiger partial charge in [-0.25, -0.2) is 0 Å². The average Bonchev–Trinajstić information content (AvgIpc) is 3.06. The van der Waals surface area contributed by atoms with Crippen LogP contribution in [0.25, 0.3) is 0 Å². The predicted octanol–water partition coefficient (Wildman–Crippen LogP) is 2.35. The summed E-state index contributed by atoms with van der Waals surface area (Å²) in [7, 11) is 1.99. The first kappa shape index (κ1) is 14.8. The fraction of sp³-hybridized carbons (Fsp3) is 0.562. The Balaban J connectivity index is 1.68. The second-order valence-corrected chi connectivity index (χ2v) is 6.09. The van der Waals surface area contributed by atoms with Crippen molar-refractivity contribution in [3.8, 4) is 0 Å². The molecule has 1 saturated heterocycles. The van der Waals surface area contributed by atoms with Gasteiger partial charge in [0.1, 0.15) is 0 Å². The molecule has 1 amide bonds. The van der Waals surface area contributed by atoms with Crippen molar-refractivity contribution in [2.24, 2.45) is 7.05 Å². The minimum atomic E-state index is 0.126. The normalized spacial score (nSPS) is 16.3. The topological polar surface area (TPSA) is 64.2 Å². The summed E-state index contributed by atoms with van der Waals surface area (Å²) < 4.78 is 7.31. The third-order valence-corrected chi connectivity index (χ3v) is 4.68. The monoisotopic (exact) mass is 302 g/mol. The number of hydrogen-bond donors (Lipinski definition) is 0. The Hall–Kier alpha value is -2.11. The van der Waals surface area contributed by atoms with Crippen LogP contribution in [-0.2, 0) is 7.05 Å². The molecule has 0 atom stereocenters. The lowest BCUT2D eigenvalue weighted by molar-refractivity contribution is 0.0703. The molecule has 3 heterocycles. The number of hydrogen-bond acceptors (Lipinski definition) is 4. The van der Waals surface area contributed by atoms with E-state index in [1.54, 1.807) is 0 Å². The molecule has 0 spiro atoms. The third kappa shape index (κ3) is 2.53. The van der Waals surface area contributed by atoms with E-state index in [2.05, 4.69) is 14.7 Å². The van der Waals surface area contributed by atoms with Crippen molar-refractivity contribution in [1.82, 2.24) is 19.6 Å². The molecule has 118 valence electrons. The minimum absolute atomic E-state index is 0.126. The first-order valence-corrected chi connectivity index (χ1v) is 7.69. The van der Waals surface area contributed by atoms with Gasteiger partial charge in [-0.05, 0) is 39.7 Å². The molecule has 2 aromatic heterocycles. The average molecular weight is 302 g/mol. The lowest BCUT2D eigenvalue weighted by atomic mass is 9.96. The van der Waals surface area contributed by atoms with Crippen LogP contribution in [0.3, 0.4) is 0 Å². The highest BCUT2D eigenvalue weighted by molar-refractivity contribution is 5.95. The zero-order chi connectivity index (χ0) is 15.9. The number of piperidine rings is 1. The standard InChI is InChI=1S/C16H22N4O2/c1-10-9-14(11(2)19(10)4)16(21)20-7-5-13(6-8-20)15-17-12(3)18-22-15/h9,13H,5-8H2,1-4H3. The zero-order valence-electron chi connectivity index (χ0n) is 13.6. The minimum Gasteiger partial charge on any atom is -0.351 e. The molecule has 1 aliphatic heterocycles. The van der Waals surface area contributed by atoms with Crippen LogP contribution < -0.4 is 0 Å². The summed E-state index contributed by atoms with van der Waals surface area (Å²) >= 11 is 0. The Morgan fingerprint density at radius 1 is 1.27 bits per heavy atom. The molecule has 22 heavy (non-hydrogen) atoms. The Labute approximate surface area is 130 Å². The lowest BCUT2D eigenvalue weighted by Crippen LogP contribution is -2.38. The van der Waals surface area contributed by atoms with Crippen LogP contribution in [0.15, 0.2) is 10.6 Å². The summed E-state index contributed by atoms with van der Waals surface area (Å²) in [6, 6.07) is 1.98. The van der Waals surface area contributed by atoms with Crippen molar-refractivity contribution in [1.29, 1.82) is 0 Å². The summed E-state index contributed by atoms with van der Waals surface area (Å²) in [6.45, 7) is 7.31. The quantitative estimate of drug-likeness (QED) is 0.854. The molecular weight excluding hydrogens is 280 g/mol. The number of nitrogens with zero attached hydrogens (tertiary/aromatic N) is 4. The van der Waals surface area contributed by atoms with Crippen molar-refractivity contribution >= 4 is 5.91 Å². The second kappa shape index (κ2) is 5.59. The Morgan fingerprint density at radius 2 is 1.95 bits per heavy atom. The van der Waals surface area contributed by atoms with Gasteiger partial charge >= 0.3 is 0 Å². The van der Waals surface area contributed by atoms with Crippen LogP contribution in [0.5, 0.6) is 0 Å². The molecule has 2 aromatic rings. The number of carbonyl (C=O) groups is 1. The largest absolute Gasteiger partial charge is 0.351 e. The first-order chi connectivity index (χ1) is 10.5. The molecule has 0 N–H and O–H groups in total. The maximum Gasteiger partial charge on any atom is 0.255 e. The smallest absolute Gasteiger partial charge is 0.255 e. The molecule has 0 bridgehead atoms.